The van der Waals surface area contributed by atoms with Crippen molar-refractivity contribution in [2.45, 2.75) is 64.0 Å². The first kappa shape index (κ1) is 28.3. The smallest absolute Gasteiger partial charge is 0.405 e. The summed E-state index contributed by atoms with van der Waals surface area (Å²) in [6, 6.07) is 6.34. The van der Waals surface area contributed by atoms with Crippen LogP contribution >= 0.6 is 0 Å². The van der Waals surface area contributed by atoms with Crippen molar-refractivity contribution in [1.82, 2.24) is 20.2 Å². The molecule has 1 aromatic heterocycles. The van der Waals surface area contributed by atoms with Gasteiger partial charge in [0.25, 0.3) is 0 Å². The lowest BCUT2D eigenvalue weighted by Gasteiger charge is -2.34. The number of hydrogen-bond donors (Lipinski definition) is 3. The third-order valence-corrected chi connectivity index (χ3v) is 7.12. The van der Waals surface area contributed by atoms with E-state index >= 15 is 0 Å². The molecule has 1 amide bonds. The molecule has 3 N–H and O–H groups in total. The molecule has 11 nitrogen and oxygen atoms in total. The Kier molecular flexibility index (Phi) is 9.04. The predicted octanol–water partition coefficient (Wildman–Crippen LogP) is 4.08. The van der Waals surface area contributed by atoms with Crippen LogP contribution in [-0.4, -0.2) is 63.8 Å². The standard InChI is InChI=1S/C25H32F3N7O4/c1-16(36)32-19-10-11-34(15-19)20-8-6-17(7-9-20)12-29-23-21(35(37)38)14-31-24(33-23)30-13-18-4-2-3-5-22(18)39-25(26,27)28/h2-5,14,17,19-20H,6-13,15H2,1H3,(H,32,36)(H2,29,30,31,33)/t17-,19?,20-. The van der Waals surface area contributed by atoms with Crippen molar-refractivity contribution in [2.24, 2.45) is 5.92 Å². The molecular formula is C25H32F3N7O4. The molecule has 0 spiro atoms. The highest BCUT2D eigenvalue weighted by Crippen LogP contribution is 2.31. The summed E-state index contributed by atoms with van der Waals surface area (Å²) in [4.78, 5) is 32.9. The Balaban J connectivity index is 1.31. The van der Waals surface area contributed by atoms with Crippen LogP contribution < -0.4 is 20.7 Å². The second kappa shape index (κ2) is 12.5. The summed E-state index contributed by atoms with van der Waals surface area (Å²) in [6.07, 6.45) is 1.13. The summed E-state index contributed by atoms with van der Waals surface area (Å²) in [5.74, 6) is 0.0444. The molecule has 2 aliphatic rings. The van der Waals surface area contributed by atoms with E-state index in [9.17, 15) is 28.1 Å². The van der Waals surface area contributed by atoms with Gasteiger partial charge in [-0.15, -0.1) is 13.2 Å². The fraction of sp³-hybridized carbons (Fsp3) is 0.560. The fourth-order valence-corrected chi connectivity index (χ4v) is 5.25. The summed E-state index contributed by atoms with van der Waals surface area (Å²) in [5.41, 5.74) is -0.0550. The van der Waals surface area contributed by atoms with Crippen LogP contribution in [0.5, 0.6) is 5.75 Å². The number of ether oxygens (including phenoxy) is 1. The van der Waals surface area contributed by atoms with E-state index in [4.69, 9.17) is 0 Å². The Morgan fingerprint density at radius 1 is 1.18 bits per heavy atom. The number of likely N-dealkylation sites (tertiary alicyclic amines) is 1. The number of aromatic nitrogens is 2. The highest BCUT2D eigenvalue weighted by molar-refractivity contribution is 5.73. The number of nitrogens with zero attached hydrogens (tertiary/aromatic N) is 4. The van der Waals surface area contributed by atoms with Crippen molar-refractivity contribution in [3.8, 4) is 5.75 Å². The molecular weight excluding hydrogens is 519 g/mol. The Hall–Kier alpha value is -3.68. The predicted molar refractivity (Wildman–Crippen MR) is 137 cm³/mol. The lowest BCUT2D eigenvalue weighted by Crippen LogP contribution is -2.41. The van der Waals surface area contributed by atoms with Gasteiger partial charge < -0.3 is 20.7 Å². The summed E-state index contributed by atoms with van der Waals surface area (Å²) in [7, 11) is 0. The van der Waals surface area contributed by atoms with Gasteiger partial charge in [-0.1, -0.05) is 18.2 Å². The molecule has 2 heterocycles. The number of hydrogen-bond acceptors (Lipinski definition) is 9. The minimum Gasteiger partial charge on any atom is -0.405 e. The lowest BCUT2D eigenvalue weighted by molar-refractivity contribution is -0.384. The minimum atomic E-state index is -4.83. The zero-order valence-electron chi connectivity index (χ0n) is 21.5. The Labute approximate surface area is 223 Å². The summed E-state index contributed by atoms with van der Waals surface area (Å²) in [5, 5.41) is 20.4. The van der Waals surface area contributed by atoms with E-state index < -0.39 is 11.3 Å². The second-order valence-electron chi connectivity index (χ2n) is 9.93. The maximum Gasteiger partial charge on any atom is 0.573 e. The Bertz CT molecular complexity index is 1160. The van der Waals surface area contributed by atoms with E-state index in [0.29, 0.717) is 18.5 Å². The fourth-order valence-electron chi connectivity index (χ4n) is 5.25. The number of para-hydroxylation sites is 1. The van der Waals surface area contributed by atoms with Gasteiger partial charge >= 0.3 is 12.0 Å². The van der Waals surface area contributed by atoms with Crippen LogP contribution in [0, 0.1) is 16.0 Å². The molecule has 1 aromatic carbocycles. The van der Waals surface area contributed by atoms with Crippen molar-refractivity contribution in [1.29, 1.82) is 0 Å². The zero-order valence-corrected chi connectivity index (χ0v) is 21.5. The van der Waals surface area contributed by atoms with Crippen molar-refractivity contribution in [3.05, 3.63) is 46.1 Å². The lowest BCUT2D eigenvalue weighted by atomic mass is 9.85. The first-order chi connectivity index (χ1) is 18.6. The number of carbonyl (C=O) groups excluding carboxylic acids is 1. The summed E-state index contributed by atoms with van der Waals surface area (Å²) in [6.45, 7) is 3.79. The maximum absolute atomic E-state index is 12.7. The highest BCUT2D eigenvalue weighted by atomic mass is 19.4. The summed E-state index contributed by atoms with van der Waals surface area (Å²) >= 11 is 0. The largest absolute Gasteiger partial charge is 0.573 e. The Morgan fingerprint density at radius 2 is 1.92 bits per heavy atom. The third-order valence-electron chi connectivity index (χ3n) is 7.12. The van der Waals surface area contributed by atoms with Crippen LogP contribution in [0.2, 0.25) is 0 Å². The highest BCUT2D eigenvalue weighted by Gasteiger charge is 2.33. The minimum absolute atomic E-state index is 0.00547. The molecule has 14 heteroatoms. The molecule has 1 aliphatic heterocycles. The topological polar surface area (TPSA) is 135 Å². The SMILES string of the molecule is CC(=O)NC1CCN([C@H]2CC[C@H](CNc3nc(NCc4ccccc4OC(F)(F)F)ncc3[N+](=O)[O-])CC2)C1. The normalized spacial score (nSPS) is 21.8. The van der Waals surface area contributed by atoms with Crippen LogP contribution in [0.3, 0.4) is 0 Å². The van der Waals surface area contributed by atoms with Gasteiger partial charge in [-0.2, -0.15) is 4.98 Å². The molecule has 1 saturated heterocycles. The quantitative estimate of drug-likeness (QED) is 0.295. The van der Waals surface area contributed by atoms with Crippen LogP contribution in [0.15, 0.2) is 30.5 Å². The van der Waals surface area contributed by atoms with Gasteiger partial charge in [0.2, 0.25) is 17.7 Å². The molecule has 2 aromatic rings. The average Bonchev–Trinajstić information content (AvgIpc) is 3.34. The van der Waals surface area contributed by atoms with Crippen molar-refractivity contribution in [2.75, 3.05) is 30.3 Å². The molecule has 1 aliphatic carbocycles. The molecule has 0 radical (unpaired) electrons. The number of carbonyl (C=O) groups is 1. The first-order valence-electron chi connectivity index (χ1n) is 12.9. The van der Waals surface area contributed by atoms with Crippen LogP contribution in [0.1, 0.15) is 44.6 Å². The second-order valence-corrected chi connectivity index (χ2v) is 9.93. The molecule has 1 unspecified atom stereocenters. The Morgan fingerprint density at radius 3 is 2.62 bits per heavy atom. The van der Waals surface area contributed by atoms with E-state index in [1.165, 1.54) is 25.1 Å². The van der Waals surface area contributed by atoms with Gasteiger partial charge in [0.05, 0.1) is 4.92 Å². The number of anilines is 2. The van der Waals surface area contributed by atoms with E-state index in [1.807, 2.05) is 0 Å². The molecule has 4 rings (SSSR count). The van der Waals surface area contributed by atoms with Crippen LogP contribution in [-0.2, 0) is 11.3 Å². The van der Waals surface area contributed by atoms with Gasteiger partial charge in [0, 0.05) is 50.7 Å². The number of amides is 1. The number of rotatable bonds is 10. The van der Waals surface area contributed by atoms with Gasteiger partial charge in [0.15, 0.2) is 0 Å². The number of halogens is 3. The van der Waals surface area contributed by atoms with E-state index in [0.717, 1.165) is 51.4 Å². The van der Waals surface area contributed by atoms with Crippen LogP contribution in [0.25, 0.3) is 0 Å². The number of benzene rings is 1. The molecule has 212 valence electrons. The number of alkyl halides is 3. The number of nitro groups is 1. The van der Waals surface area contributed by atoms with Gasteiger partial charge in [-0.05, 0) is 44.1 Å². The molecule has 0 bridgehead atoms. The molecule has 1 saturated carbocycles. The molecule has 39 heavy (non-hydrogen) atoms. The third kappa shape index (κ3) is 8.15. The van der Waals surface area contributed by atoms with Crippen molar-refractivity contribution >= 4 is 23.4 Å². The molecule has 2 fully saturated rings. The average molecular weight is 552 g/mol. The van der Waals surface area contributed by atoms with Crippen LogP contribution in [0.4, 0.5) is 30.6 Å². The van der Waals surface area contributed by atoms with Gasteiger partial charge in [-0.3, -0.25) is 19.8 Å². The maximum atomic E-state index is 12.7. The van der Waals surface area contributed by atoms with Gasteiger partial charge in [0.1, 0.15) is 11.9 Å². The zero-order chi connectivity index (χ0) is 28.0. The van der Waals surface area contributed by atoms with Crippen molar-refractivity contribution in [3.63, 3.8) is 0 Å². The van der Waals surface area contributed by atoms with E-state index in [1.54, 1.807) is 6.07 Å². The number of nitrogens with one attached hydrogen (secondary N) is 3. The van der Waals surface area contributed by atoms with E-state index in [-0.39, 0.29) is 47.3 Å². The monoisotopic (exact) mass is 551 g/mol. The summed E-state index contributed by atoms with van der Waals surface area (Å²) < 4.78 is 42.2. The van der Waals surface area contributed by atoms with E-state index in [2.05, 4.69) is 35.6 Å². The van der Waals surface area contributed by atoms with Crippen molar-refractivity contribution < 1.29 is 27.6 Å². The molecule has 1 atom stereocenters. The van der Waals surface area contributed by atoms with Gasteiger partial charge in [-0.25, -0.2) is 4.98 Å². The first-order valence-corrected chi connectivity index (χ1v) is 12.9.